The van der Waals surface area contributed by atoms with Crippen LogP contribution in [-0.4, -0.2) is 42.4 Å². The van der Waals surface area contributed by atoms with Gasteiger partial charge in [0.15, 0.2) is 0 Å². The molecule has 1 aromatic rings. The van der Waals surface area contributed by atoms with E-state index in [0.29, 0.717) is 28.8 Å². The maximum absolute atomic E-state index is 12.3. The summed E-state index contributed by atoms with van der Waals surface area (Å²) in [6.45, 7) is 2.93. The van der Waals surface area contributed by atoms with Crippen molar-refractivity contribution in [3.63, 3.8) is 0 Å². The highest BCUT2D eigenvalue weighted by Gasteiger charge is 2.23. The van der Waals surface area contributed by atoms with Crippen LogP contribution in [0.25, 0.3) is 0 Å². The highest BCUT2D eigenvalue weighted by molar-refractivity contribution is 6.35. The van der Waals surface area contributed by atoms with Crippen LogP contribution in [0.4, 0.5) is 5.69 Å². The van der Waals surface area contributed by atoms with Gasteiger partial charge < -0.3 is 15.5 Å². The molecule has 1 aromatic carbocycles. The normalized spacial score (nSPS) is 18.0. The number of nitrogens with one attached hydrogen (secondary N) is 2. The number of carbonyl (C=O) groups is 2. The highest BCUT2D eigenvalue weighted by Crippen LogP contribution is 2.22. The highest BCUT2D eigenvalue weighted by atomic mass is 35.5. The molecule has 1 fully saturated rings. The van der Waals surface area contributed by atoms with Gasteiger partial charge in [-0.25, -0.2) is 0 Å². The molecule has 1 aliphatic heterocycles. The van der Waals surface area contributed by atoms with Gasteiger partial charge in [-0.2, -0.15) is 0 Å². The molecule has 0 aliphatic carbocycles. The zero-order valence-corrected chi connectivity index (χ0v) is 13.9. The Morgan fingerprint density at radius 2 is 1.95 bits per heavy atom. The fraction of sp³-hybridized carbons (Fsp3) is 0.467. The summed E-state index contributed by atoms with van der Waals surface area (Å²) in [5.41, 5.74) is 0.710. The lowest BCUT2D eigenvalue weighted by atomic mass is 10.1. The lowest BCUT2D eigenvalue weighted by Gasteiger charge is -2.33. The number of anilines is 1. The largest absolute Gasteiger partial charge is 0.376 e. The monoisotopic (exact) mass is 343 g/mol. The summed E-state index contributed by atoms with van der Waals surface area (Å²) in [6.07, 6.45) is 1.79. The SMILES string of the molecule is CC(=O)N[C@H]1CCCN(C(=O)CNc2cc(Cl)cc(Cl)c2)C1. The molecule has 5 nitrogen and oxygen atoms in total. The number of nitrogens with zero attached hydrogens (tertiary/aromatic N) is 1. The van der Waals surface area contributed by atoms with Crippen molar-refractivity contribution in [1.82, 2.24) is 10.2 Å². The van der Waals surface area contributed by atoms with Crippen molar-refractivity contribution in [2.45, 2.75) is 25.8 Å². The summed E-state index contributed by atoms with van der Waals surface area (Å²) in [5.74, 6) is -0.0721. The predicted octanol–water partition coefficient (Wildman–Crippen LogP) is 2.53. The van der Waals surface area contributed by atoms with Crippen LogP contribution in [0.15, 0.2) is 18.2 Å². The van der Waals surface area contributed by atoms with Crippen LogP contribution in [0.2, 0.25) is 10.0 Å². The fourth-order valence-corrected chi connectivity index (χ4v) is 3.08. The summed E-state index contributed by atoms with van der Waals surface area (Å²) < 4.78 is 0. The van der Waals surface area contributed by atoms with Crippen molar-refractivity contribution in [3.8, 4) is 0 Å². The Balaban J connectivity index is 1.87. The van der Waals surface area contributed by atoms with E-state index in [0.717, 1.165) is 12.8 Å². The lowest BCUT2D eigenvalue weighted by molar-refractivity contribution is -0.131. The van der Waals surface area contributed by atoms with Crippen LogP contribution in [0.3, 0.4) is 0 Å². The van der Waals surface area contributed by atoms with Crippen LogP contribution in [0.5, 0.6) is 0 Å². The molecule has 2 amide bonds. The van der Waals surface area contributed by atoms with Gasteiger partial charge in [-0.1, -0.05) is 23.2 Å². The first-order chi connectivity index (χ1) is 10.4. The number of benzene rings is 1. The second-order valence-corrected chi connectivity index (χ2v) is 6.26. The van der Waals surface area contributed by atoms with Crippen LogP contribution in [-0.2, 0) is 9.59 Å². The van der Waals surface area contributed by atoms with E-state index in [1.54, 1.807) is 23.1 Å². The number of halogens is 2. The minimum atomic E-state index is -0.0639. The van der Waals surface area contributed by atoms with E-state index in [1.165, 1.54) is 6.92 Å². The predicted molar refractivity (Wildman–Crippen MR) is 88.4 cm³/mol. The van der Waals surface area contributed by atoms with Gasteiger partial charge in [0.05, 0.1) is 6.54 Å². The molecule has 0 spiro atoms. The molecular weight excluding hydrogens is 325 g/mol. The number of likely N-dealkylation sites (tertiary alicyclic amines) is 1. The molecule has 1 atom stereocenters. The quantitative estimate of drug-likeness (QED) is 0.882. The van der Waals surface area contributed by atoms with Crippen LogP contribution < -0.4 is 10.6 Å². The summed E-state index contributed by atoms with van der Waals surface area (Å²) in [6, 6.07) is 5.11. The van der Waals surface area contributed by atoms with E-state index >= 15 is 0 Å². The molecule has 1 saturated heterocycles. The number of rotatable bonds is 4. The first-order valence-corrected chi connectivity index (χ1v) is 7.94. The van der Waals surface area contributed by atoms with Gasteiger partial charge in [0.1, 0.15) is 0 Å². The number of piperidine rings is 1. The molecule has 7 heteroatoms. The standard InChI is InChI=1S/C15H19Cl2N3O2/c1-10(21)19-13-3-2-4-20(9-13)15(22)8-18-14-6-11(16)5-12(17)7-14/h5-7,13,18H,2-4,8-9H2,1H3,(H,19,21)/t13-/m0/s1. The topological polar surface area (TPSA) is 61.4 Å². The van der Waals surface area contributed by atoms with Crippen molar-refractivity contribution in [3.05, 3.63) is 28.2 Å². The maximum Gasteiger partial charge on any atom is 0.241 e. The Bertz CT molecular complexity index is 545. The van der Waals surface area contributed by atoms with Crippen molar-refractivity contribution in [1.29, 1.82) is 0 Å². The lowest BCUT2D eigenvalue weighted by Crippen LogP contribution is -2.50. The van der Waals surface area contributed by atoms with E-state index in [-0.39, 0.29) is 24.4 Å². The van der Waals surface area contributed by atoms with E-state index < -0.39 is 0 Å². The van der Waals surface area contributed by atoms with E-state index in [2.05, 4.69) is 10.6 Å². The Morgan fingerprint density at radius 3 is 2.59 bits per heavy atom. The molecule has 0 unspecified atom stereocenters. The van der Waals surface area contributed by atoms with Gasteiger partial charge in [0.25, 0.3) is 0 Å². The zero-order valence-electron chi connectivity index (χ0n) is 12.4. The molecule has 0 saturated carbocycles. The Kier molecular flexibility index (Phi) is 5.91. The number of amides is 2. The Labute approximate surface area is 139 Å². The first-order valence-electron chi connectivity index (χ1n) is 7.19. The molecule has 2 N–H and O–H groups in total. The summed E-state index contributed by atoms with van der Waals surface area (Å²) in [5, 5.41) is 6.94. The second kappa shape index (κ2) is 7.70. The molecule has 2 rings (SSSR count). The molecular formula is C15H19Cl2N3O2. The Morgan fingerprint density at radius 1 is 1.27 bits per heavy atom. The van der Waals surface area contributed by atoms with Crippen molar-refractivity contribution in [2.75, 3.05) is 25.0 Å². The first kappa shape index (κ1) is 16.9. The maximum atomic E-state index is 12.3. The van der Waals surface area contributed by atoms with Crippen molar-refractivity contribution >= 4 is 40.7 Å². The third kappa shape index (κ3) is 5.07. The van der Waals surface area contributed by atoms with E-state index in [9.17, 15) is 9.59 Å². The average molecular weight is 344 g/mol. The molecule has 1 aliphatic rings. The molecule has 0 aromatic heterocycles. The van der Waals surface area contributed by atoms with Crippen molar-refractivity contribution in [2.24, 2.45) is 0 Å². The van der Waals surface area contributed by atoms with Gasteiger partial charge in [-0.3, -0.25) is 9.59 Å². The van der Waals surface area contributed by atoms with E-state index in [4.69, 9.17) is 23.2 Å². The minimum absolute atomic E-state index is 0.00819. The van der Waals surface area contributed by atoms with Gasteiger partial charge in [0.2, 0.25) is 11.8 Å². The summed E-state index contributed by atoms with van der Waals surface area (Å²) in [7, 11) is 0. The summed E-state index contributed by atoms with van der Waals surface area (Å²) >= 11 is 11.8. The van der Waals surface area contributed by atoms with Crippen LogP contribution in [0, 0.1) is 0 Å². The fourth-order valence-electron chi connectivity index (χ4n) is 2.55. The van der Waals surface area contributed by atoms with E-state index in [1.807, 2.05) is 0 Å². The van der Waals surface area contributed by atoms with Crippen LogP contribution >= 0.6 is 23.2 Å². The summed E-state index contributed by atoms with van der Waals surface area (Å²) in [4.78, 5) is 25.1. The van der Waals surface area contributed by atoms with Gasteiger partial charge in [-0.15, -0.1) is 0 Å². The minimum Gasteiger partial charge on any atom is -0.376 e. The molecule has 1 heterocycles. The molecule has 120 valence electrons. The average Bonchev–Trinajstić information content (AvgIpc) is 2.43. The number of hydrogen-bond donors (Lipinski definition) is 2. The third-order valence-corrected chi connectivity index (χ3v) is 3.92. The van der Waals surface area contributed by atoms with Gasteiger partial charge in [-0.05, 0) is 31.0 Å². The molecule has 22 heavy (non-hydrogen) atoms. The number of carbonyl (C=O) groups excluding carboxylic acids is 2. The van der Waals surface area contributed by atoms with Crippen LogP contribution in [0.1, 0.15) is 19.8 Å². The zero-order chi connectivity index (χ0) is 16.1. The van der Waals surface area contributed by atoms with Gasteiger partial charge in [0, 0.05) is 41.8 Å². The number of hydrogen-bond acceptors (Lipinski definition) is 3. The van der Waals surface area contributed by atoms with Crippen molar-refractivity contribution < 1.29 is 9.59 Å². The third-order valence-electron chi connectivity index (χ3n) is 3.49. The molecule has 0 bridgehead atoms. The molecule has 0 radical (unpaired) electrons. The smallest absolute Gasteiger partial charge is 0.241 e. The Hall–Kier alpha value is -1.46. The van der Waals surface area contributed by atoms with Gasteiger partial charge >= 0.3 is 0 Å². The second-order valence-electron chi connectivity index (χ2n) is 5.39.